The summed E-state index contributed by atoms with van der Waals surface area (Å²) in [4.78, 5) is 0. The van der Waals surface area contributed by atoms with E-state index in [0.29, 0.717) is 16.6 Å². The molecule has 22 heavy (non-hydrogen) atoms. The van der Waals surface area contributed by atoms with Gasteiger partial charge in [-0.3, -0.25) is 0 Å². The van der Waals surface area contributed by atoms with Gasteiger partial charge in [0.1, 0.15) is 5.75 Å². The van der Waals surface area contributed by atoms with Crippen LogP contribution < -0.4 is 10.1 Å². The molecule has 2 rings (SSSR count). The van der Waals surface area contributed by atoms with E-state index in [0.717, 1.165) is 30.0 Å². The van der Waals surface area contributed by atoms with Crippen molar-refractivity contribution in [2.24, 2.45) is 0 Å². The lowest BCUT2D eigenvalue weighted by Gasteiger charge is -2.13. The number of anilines is 1. The van der Waals surface area contributed by atoms with Crippen LogP contribution in [-0.2, 0) is 6.54 Å². The highest BCUT2D eigenvalue weighted by molar-refractivity contribution is 6.43. The van der Waals surface area contributed by atoms with Crippen LogP contribution in [-0.4, -0.2) is 6.61 Å². The number of hydrogen-bond donors (Lipinski definition) is 1. The molecule has 1 N–H and O–H groups in total. The fourth-order valence-corrected chi connectivity index (χ4v) is 2.52. The van der Waals surface area contributed by atoms with Crippen LogP contribution in [0.3, 0.4) is 0 Å². The summed E-state index contributed by atoms with van der Waals surface area (Å²) in [5, 5.41) is 4.41. The second-order valence-corrected chi connectivity index (χ2v) is 5.90. The monoisotopic (exact) mass is 337 g/mol. The molecule has 0 heterocycles. The van der Waals surface area contributed by atoms with Gasteiger partial charge in [0.25, 0.3) is 0 Å². The van der Waals surface area contributed by atoms with Gasteiger partial charge in [0.15, 0.2) is 0 Å². The average Bonchev–Trinajstić information content (AvgIpc) is 2.54. The lowest BCUT2D eigenvalue weighted by Crippen LogP contribution is -2.04. The van der Waals surface area contributed by atoms with Crippen LogP contribution in [0.5, 0.6) is 5.75 Å². The van der Waals surface area contributed by atoms with Gasteiger partial charge >= 0.3 is 0 Å². The smallest absolute Gasteiger partial charge is 0.124 e. The second-order valence-electron chi connectivity index (χ2n) is 5.12. The summed E-state index contributed by atoms with van der Waals surface area (Å²) in [6.45, 7) is 3.58. The number of halogens is 2. The van der Waals surface area contributed by atoms with Gasteiger partial charge in [0.2, 0.25) is 0 Å². The molecule has 0 aliphatic heterocycles. The van der Waals surface area contributed by atoms with Crippen LogP contribution in [0.1, 0.15) is 31.7 Å². The lowest BCUT2D eigenvalue weighted by atomic mass is 10.2. The van der Waals surface area contributed by atoms with Crippen LogP contribution in [0.25, 0.3) is 0 Å². The van der Waals surface area contributed by atoms with Crippen molar-refractivity contribution in [3.63, 3.8) is 0 Å². The fraction of sp³-hybridized carbons (Fsp3) is 0.333. The number of ether oxygens (including phenoxy) is 1. The molecule has 0 atom stereocenters. The Morgan fingerprint density at radius 2 is 1.82 bits per heavy atom. The van der Waals surface area contributed by atoms with Crippen LogP contribution >= 0.6 is 23.2 Å². The zero-order valence-electron chi connectivity index (χ0n) is 12.7. The summed E-state index contributed by atoms with van der Waals surface area (Å²) in [6, 6.07) is 13.6. The maximum absolute atomic E-state index is 6.19. The van der Waals surface area contributed by atoms with Gasteiger partial charge in [0.05, 0.1) is 22.3 Å². The minimum atomic E-state index is 0.547. The molecule has 0 saturated carbocycles. The zero-order valence-corrected chi connectivity index (χ0v) is 14.3. The Hall–Kier alpha value is -1.38. The Kier molecular flexibility index (Phi) is 6.88. The molecular weight excluding hydrogens is 317 g/mol. The van der Waals surface area contributed by atoms with E-state index < -0.39 is 0 Å². The van der Waals surface area contributed by atoms with E-state index in [1.54, 1.807) is 6.07 Å². The number of benzene rings is 2. The van der Waals surface area contributed by atoms with Gasteiger partial charge in [-0.2, -0.15) is 0 Å². The zero-order chi connectivity index (χ0) is 15.8. The molecule has 0 aliphatic carbocycles. The first-order chi connectivity index (χ1) is 10.7. The highest BCUT2D eigenvalue weighted by atomic mass is 35.5. The minimum absolute atomic E-state index is 0.547. The van der Waals surface area contributed by atoms with Crippen molar-refractivity contribution < 1.29 is 4.74 Å². The van der Waals surface area contributed by atoms with E-state index in [9.17, 15) is 0 Å². The fourth-order valence-electron chi connectivity index (χ4n) is 2.16. The van der Waals surface area contributed by atoms with Gasteiger partial charge in [0, 0.05) is 12.1 Å². The Balaban J connectivity index is 1.99. The molecule has 4 heteroatoms. The van der Waals surface area contributed by atoms with Gasteiger partial charge < -0.3 is 10.1 Å². The summed E-state index contributed by atoms with van der Waals surface area (Å²) in [7, 11) is 0. The molecule has 0 unspecified atom stereocenters. The van der Waals surface area contributed by atoms with Gasteiger partial charge in [-0.25, -0.2) is 0 Å². The summed E-state index contributed by atoms with van der Waals surface area (Å²) in [5.74, 6) is 0.921. The molecule has 0 saturated heterocycles. The molecule has 0 aromatic heterocycles. The molecule has 2 aromatic carbocycles. The molecule has 118 valence electrons. The minimum Gasteiger partial charge on any atom is -0.493 e. The first-order valence-corrected chi connectivity index (χ1v) is 8.36. The SMILES string of the molecule is CCCCCOc1ccccc1CNc1cccc(Cl)c1Cl. The predicted molar refractivity (Wildman–Crippen MR) is 95.3 cm³/mol. The molecule has 0 spiro atoms. The highest BCUT2D eigenvalue weighted by Gasteiger charge is 2.06. The number of para-hydroxylation sites is 1. The second kappa shape index (κ2) is 8.92. The van der Waals surface area contributed by atoms with Crippen molar-refractivity contribution in [1.29, 1.82) is 0 Å². The van der Waals surface area contributed by atoms with Crippen molar-refractivity contribution in [2.45, 2.75) is 32.7 Å². The quantitative estimate of drug-likeness (QED) is 0.581. The summed E-state index contributed by atoms with van der Waals surface area (Å²) in [6.07, 6.45) is 3.47. The Morgan fingerprint density at radius 3 is 2.64 bits per heavy atom. The van der Waals surface area contributed by atoms with Crippen molar-refractivity contribution in [1.82, 2.24) is 0 Å². The van der Waals surface area contributed by atoms with Crippen molar-refractivity contribution >= 4 is 28.9 Å². The van der Waals surface area contributed by atoms with E-state index in [1.165, 1.54) is 12.8 Å². The lowest BCUT2D eigenvalue weighted by molar-refractivity contribution is 0.303. The van der Waals surface area contributed by atoms with E-state index in [2.05, 4.69) is 18.3 Å². The van der Waals surface area contributed by atoms with Crippen LogP contribution in [0.2, 0.25) is 10.0 Å². The largest absolute Gasteiger partial charge is 0.493 e. The number of hydrogen-bond acceptors (Lipinski definition) is 2. The summed E-state index contributed by atoms with van der Waals surface area (Å²) < 4.78 is 5.88. The van der Waals surface area contributed by atoms with E-state index in [4.69, 9.17) is 27.9 Å². The molecule has 0 radical (unpaired) electrons. The number of nitrogens with one attached hydrogen (secondary N) is 1. The van der Waals surface area contributed by atoms with Gasteiger partial charge in [-0.1, -0.05) is 67.2 Å². The third-order valence-corrected chi connectivity index (χ3v) is 4.22. The van der Waals surface area contributed by atoms with E-state index in [1.807, 2.05) is 30.3 Å². The topological polar surface area (TPSA) is 21.3 Å². The maximum Gasteiger partial charge on any atom is 0.124 e. The first-order valence-electron chi connectivity index (χ1n) is 7.61. The summed E-state index contributed by atoms with van der Waals surface area (Å²) >= 11 is 12.2. The number of rotatable bonds is 8. The van der Waals surface area contributed by atoms with Gasteiger partial charge in [-0.05, 0) is 24.6 Å². The molecule has 0 fully saturated rings. The maximum atomic E-state index is 6.19. The Morgan fingerprint density at radius 1 is 1.00 bits per heavy atom. The Labute approximate surface area is 142 Å². The third kappa shape index (κ3) is 4.82. The molecule has 2 nitrogen and oxygen atoms in total. The van der Waals surface area contributed by atoms with E-state index >= 15 is 0 Å². The predicted octanol–water partition coefficient (Wildman–Crippen LogP) is 6.17. The van der Waals surface area contributed by atoms with Crippen molar-refractivity contribution in [3.05, 3.63) is 58.1 Å². The summed E-state index contributed by atoms with van der Waals surface area (Å²) in [5.41, 5.74) is 1.94. The number of unbranched alkanes of at least 4 members (excludes halogenated alkanes) is 2. The normalized spacial score (nSPS) is 10.5. The highest BCUT2D eigenvalue weighted by Crippen LogP contribution is 2.30. The first kappa shape index (κ1) is 17.0. The molecular formula is C18H21Cl2NO. The van der Waals surface area contributed by atoms with Crippen LogP contribution in [0.15, 0.2) is 42.5 Å². The molecule has 0 bridgehead atoms. The molecule has 0 amide bonds. The third-order valence-electron chi connectivity index (χ3n) is 3.40. The van der Waals surface area contributed by atoms with Crippen LogP contribution in [0, 0.1) is 0 Å². The van der Waals surface area contributed by atoms with Crippen molar-refractivity contribution in [3.8, 4) is 5.75 Å². The Bertz CT molecular complexity index is 601. The van der Waals surface area contributed by atoms with Crippen molar-refractivity contribution in [2.75, 3.05) is 11.9 Å². The van der Waals surface area contributed by atoms with Gasteiger partial charge in [-0.15, -0.1) is 0 Å². The van der Waals surface area contributed by atoms with Crippen LogP contribution in [0.4, 0.5) is 5.69 Å². The standard InChI is InChI=1S/C18H21Cl2NO/c1-2-3-6-12-22-17-11-5-4-8-14(17)13-21-16-10-7-9-15(19)18(16)20/h4-5,7-11,21H,2-3,6,12-13H2,1H3. The molecule has 0 aliphatic rings. The van der Waals surface area contributed by atoms with E-state index in [-0.39, 0.29) is 0 Å². The molecule has 2 aromatic rings. The average molecular weight is 338 g/mol.